The number of hydrogen-bond acceptors (Lipinski definition) is 3. The first kappa shape index (κ1) is 11.4. The van der Waals surface area contributed by atoms with Crippen molar-refractivity contribution in [3.8, 4) is 6.07 Å². The lowest BCUT2D eigenvalue weighted by atomic mass is 10.2. The van der Waals surface area contributed by atoms with Gasteiger partial charge >= 0.3 is 0 Å². The van der Waals surface area contributed by atoms with Gasteiger partial charge in [-0.1, -0.05) is 12.1 Å². The molecule has 0 saturated carbocycles. The Kier molecular flexibility index (Phi) is 4.49. The molecule has 0 aromatic heterocycles. The molecule has 3 heteroatoms. The predicted molar refractivity (Wildman–Crippen MR) is 63.6 cm³/mol. The minimum absolute atomic E-state index is 0.637. The SMILES string of the molecule is CN(CCCCC#N)c1ccccc1N. The van der Waals surface area contributed by atoms with Crippen molar-refractivity contribution >= 4 is 11.4 Å². The van der Waals surface area contributed by atoms with Crippen LogP contribution >= 0.6 is 0 Å². The van der Waals surface area contributed by atoms with Crippen LogP contribution in [0, 0.1) is 11.3 Å². The van der Waals surface area contributed by atoms with E-state index in [-0.39, 0.29) is 0 Å². The second-order valence-electron chi connectivity index (χ2n) is 3.60. The number of nitriles is 1. The monoisotopic (exact) mass is 203 g/mol. The maximum absolute atomic E-state index is 8.41. The average molecular weight is 203 g/mol. The first-order chi connectivity index (χ1) is 7.25. The zero-order valence-corrected chi connectivity index (χ0v) is 9.11. The van der Waals surface area contributed by atoms with Crippen LogP contribution in [0.3, 0.4) is 0 Å². The van der Waals surface area contributed by atoms with Crippen molar-refractivity contribution in [1.82, 2.24) is 0 Å². The fourth-order valence-electron chi connectivity index (χ4n) is 1.51. The Morgan fingerprint density at radius 2 is 2.07 bits per heavy atom. The number of hydrogen-bond donors (Lipinski definition) is 1. The maximum atomic E-state index is 8.41. The Balaban J connectivity index is 2.44. The molecule has 0 fully saturated rings. The van der Waals surface area contributed by atoms with E-state index in [0.29, 0.717) is 6.42 Å². The van der Waals surface area contributed by atoms with Crippen LogP contribution in [0.1, 0.15) is 19.3 Å². The van der Waals surface area contributed by atoms with Gasteiger partial charge in [0.05, 0.1) is 17.4 Å². The lowest BCUT2D eigenvalue weighted by Crippen LogP contribution is -2.19. The summed E-state index contributed by atoms with van der Waals surface area (Å²) < 4.78 is 0. The number of unbranched alkanes of at least 4 members (excludes halogenated alkanes) is 2. The largest absolute Gasteiger partial charge is 0.397 e. The number of nitrogens with zero attached hydrogens (tertiary/aromatic N) is 2. The molecule has 15 heavy (non-hydrogen) atoms. The average Bonchev–Trinajstić information content (AvgIpc) is 2.25. The highest BCUT2D eigenvalue weighted by Gasteiger charge is 2.03. The molecule has 0 atom stereocenters. The van der Waals surface area contributed by atoms with Crippen LogP contribution in [-0.4, -0.2) is 13.6 Å². The normalized spacial score (nSPS) is 9.60. The molecule has 1 rings (SSSR count). The van der Waals surface area contributed by atoms with Gasteiger partial charge in [-0.05, 0) is 25.0 Å². The van der Waals surface area contributed by atoms with Crippen LogP contribution in [0.15, 0.2) is 24.3 Å². The third kappa shape index (κ3) is 3.51. The van der Waals surface area contributed by atoms with E-state index < -0.39 is 0 Å². The van der Waals surface area contributed by atoms with E-state index in [0.717, 1.165) is 30.8 Å². The molecule has 0 aliphatic heterocycles. The van der Waals surface area contributed by atoms with Gasteiger partial charge in [0.1, 0.15) is 0 Å². The van der Waals surface area contributed by atoms with Crippen LogP contribution in [0.5, 0.6) is 0 Å². The zero-order chi connectivity index (χ0) is 11.1. The summed E-state index contributed by atoms with van der Waals surface area (Å²) in [4.78, 5) is 2.13. The lowest BCUT2D eigenvalue weighted by molar-refractivity contribution is 0.734. The molecule has 80 valence electrons. The van der Waals surface area contributed by atoms with Gasteiger partial charge in [-0.3, -0.25) is 0 Å². The van der Waals surface area contributed by atoms with Crippen molar-refractivity contribution in [2.24, 2.45) is 0 Å². The van der Waals surface area contributed by atoms with E-state index in [4.69, 9.17) is 11.0 Å². The third-order valence-corrected chi connectivity index (χ3v) is 2.38. The minimum Gasteiger partial charge on any atom is -0.397 e. The summed E-state index contributed by atoms with van der Waals surface area (Å²) in [7, 11) is 2.03. The van der Waals surface area contributed by atoms with Crippen LogP contribution in [0.4, 0.5) is 11.4 Å². The molecule has 0 amide bonds. The highest BCUT2D eigenvalue weighted by atomic mass is 15.1. The second kappa shape index (κ2) is 5.92. The molecule has 0 heterocycles. The smallest absolute Gasteiger partial charge is 0.0621 e. The van der Waals surface area contributed by atoms with Crippen LogP contribution in [0.25, 0.3) is 0 Å². The molecule has 0 bridgehead atoms. The van der Waals surface area contributed by atoms with E-state index in [2.05, 4.69) is 11.0 Å². The molecule has 0 radical (unpaired) electrons. The van der Waals surface area contributed by atoms with Gasteiger partial charge in [-0.25, -0.2) is 0 Å². The summed E-state index contributed by atoms with van der Waals surface area (Å²) in [6.07, 6.45) is 2.62. The van der Waals surface area contributed by atoms with Crippen LogP contribution in [0.2, 0.25) is 0 Å². The fraction of sp³-hybridized carbons (Fsp3) is 0.417. The first-order valence-electron chi connectivity index (χ1n) is 5.18. The van der Waals surface area contributed by atoms with Crippen LogP contribution < -0.4 is 10.6 Å². The van der Waals surface area contributed by atoms with Crippen molar-refractivity contribution in [2.45, 2.75) is 19.3 Å². The minimum atomic E-state index is 0.637. The van der Waals surface area contributed by atoms with Gasteiger partial charge in [0.15, 0.2) is 0 Å². The number of anilines is 2. The summed E-state index contributed by atoms with van der Waals surface area (Å²) >= 11 is 0. The Morgan fingerprint density at radius 3 is 2.73 bits per heavy atom. The summed E-state index contributed by atoms with van der Waals surface area (Å²) in [5.41, 5.74) is 7.73. The summed E-state index contributed by atoms with van der Waals surface area (Å²) in [6.45, 7) is 0.940. The van der Waals surface area contributed by atoms with E-state index in [9.17, 15) is 0 Å². The van der Waals surface area contributed by atoms with Crippen molar-refractivity contribution < 1.29 is 0 Å². The van der Waals surface area contributed by atoms with Crippen LogP contribution in [-0.2, 0) is 0 Å². The Labute approximate surface area is 91.1 Å². The van der Waals surface area contributed by atoms with Gasteiger partial charge in [-0.15, -0.1) is 0 Å². The molecule has 0 aliphatic rings. The van der Waals surface area contributed by atoms with E-state index >= 15 is 0 Å². The Bertz CT molecular complexity index is 341. The third-order valence-electron chi connectivity index (χ3n) is 2.38. The summed E-state index contributed by atoms with van der Waals surface area (Å²) in [6, 6.07) is 9.98. The molecule has 0 aliphatic carbocycles. The standard InChI is InChI=1S/C12H17N3/c1-15(10-6-2-5-9-13)12-8-4-3-7-11(12)14/h3-4,7-8H,2,5-6,10,14H2,1H3. The fourth-order valence-corrected chi connectivity index (χ4v) is 1.51. The second-order valence-corrected chi connectivity index (χ2v) is 3.60. The number of para-hydroxylation sites is 2. The number of nitrogen functional groups attached to an aromatic ring is 1. The Morgan fingerprint density at radius 1 is 1.33 bits per heavy atom. The van der Waals surface area contributed by atoms with Gasteiger partial charge in [0, 0.05) is 20.0 Å². The Hall–Kier alpha value is -1.69. The zero-order valence-electron chi connectivity index (χ0n) is 9.11. The molecular formula is C12H17N3. The molecule has 2 N–H and O–H groups in total. The van der Waals surface area contributed by atoms with E-state index in [1.807, 2.05) is 31.3 Å². The molecule has 1 aromatic carbocycles. The van der Waals surface area contributed by atoms with Gasteiger partial charge in [0.25, 0.3) is 0 Å². The van der Waals surface area contributed by atoms with Crippen molar-refractivity contribution in [1.29, 1.82) is 5.26 Å². The topological polar surface area (TPSA) is 53.0 Å². The van der Waals surface area contributed by atoms with Gasteiger partial charge < -0.3 is 10.6 Å². The van der Waals surface area contributed by atoms with Crippen molar-refractivity contribution in [3.05, 3.63) is 24.3 Å². The van der Waals surface area contributed by atoms with E-state index in [1.165, 1.54) is 0 Å². The highest BCUT2D eigenvalue weighted by molar-refractivity contribution is 5.66. The molecule has 3 nitrogen and oxygen atoms in total. The summed E-state index contributed by atoms with van der Waals surface area (Å²) in [5, 5.41) is 8.41. The molecule has 0 spiro atoms. The lowest BCUT2D eigenvalue weighted by Gasteiger charge is -2.20. The number of benzene rings is 1. The molecule has 1 aromatic rings. The molecular weight excluding hydrogens is 186 g/mol. The number of nitrogens with two attached hydrogens (primary N) is 1. The summed E-state index contributed by atoms with van der Waals surface area (Å²) in [5.74, 6) is 0. The van der Waals surface area contributed by atoms with Gasteiger partial charge in [0.2, 0.25) is 0 Å². The molecule has 0 unspecified atom stereocenters. The quantitative estimate of drug-likeness (QED) is 0.590. The predicted octanol–water partition coefficient (Wildman–Crippen LogP) is 2.40. The number of rotatable bonds is 5. The van der Waals surface area contributed by atoms with Crippen molar-refractivity contribution in [2.75, 3.05) is 24.2 Å². The van der Waals surface area contributed by atoms with Crippen molar-refractivity contribution in [3.63, 3.8) is 0 Å². The van der Waals surface area contributed by atoms with Gasteiger partial charge in [-0.2, -0.15) is 5.26 Å². The molecule has 0 saturated heterocycles. The maximum Gasteiger partial charge on any atom is 0.0621 e. The first-order valence-corrected chi connectivity index (χ1v) is 5.18. The highest BCUT2D eigenvalue weighted by Crippen LogP contribution is 2.21. The van der Waals surface area contributed by atoms with E-state index in [1.54, 1.807) is 0 Å².